The third-order valence-corrected chi connectivity index (χ3v) is 4.52. The van der Waals surface area contributed by atoms with Gasteiger partial charge in [-0.1, -0.05) is 49.7 Å². The van der Waals surface area contributed by atoms with E-state index in [2.05, 4.69) is 16.6 Å². The molecule has 1 aliphatic heterocycles. The fourth-order valence-electron chi connectivity index (χ4n) is 2.90. The molecule has 0 radical (unpaired) electrons. The van der Waals surface area contributed by atoms with Crippen LogP contribution in [0.4, 0.5) is 5.69 Å². The molecule has 3 rings (SSSR count). The summed E-state index contributed by atoms with van der Waals surface area (Å²) in [4.78, 5) is 0.780. The molecular formula is C17H21N3S. The molecular weight excluding hydrogens is 278 g/mol. The molecule has 1 saturated carbocycles. The summed E-state index contributed by atoms with van der Waals surface area (Å²) in [6.45, 7) is 2.02. The van der Waals surface area contributed by atoms with Crippen LogP contribution in [-0.4, -0.2) is 16.7 Å². The Morgan fingerprint density at radius 1 is 1.19 bits per heavy atom. The Kier molecular flexibility index (Phi) is 4.34. The van der Waals surface area contributed by atoms with Crippen molar-refractivity contribution in [3.63, 3.8) is 0 Å². The summed E-state index contributed by atoms with van der Waals surface area (Å²) in [5.74, 6) is 0. The van der Waals surface area contributed by atoms with Crippen molar-refractivity contribution in [1.29, 1.82) is 0 Å². The van der Waals surface area contributed by atoms with E-state index in [1.807, 2.05) is 42.3 Å². The first-order valence-corrected chi connectivity index (χ1v) is 8.08. The Morgan fingerprint density at radius 3 is 2.62 bits per heavy atom. The Bertz CT molecular complexity index is 571. The van der Waals surface area contributed by atoms with Crippen LogP contribution in [0.15, 0.2) is 47.2 Å². The molecule has 0 spiro atoms. The predicted octanol–water partition coefficient (Wildman–Crippen LogP) is 4.02. The molecule has 0 amide bonds. The summed E-state index contributed by atoms with van der Waals surface area (Å²) in [5.41, 5.74) is 3.04. The average Bonchev–Trinajstić information content (AvgIpc) is 2.82. The van der Waals surface area contributed by atoms with Crippen molar-refractivity contribution >= 4 is 28.6 Å². The molecule has 1 aromatic carbocycles. The van der Waals surface area contributed by atoms with Gasteiger partial charge in [-0.3, -0.25) is 0 Å². The van der Waals surface area contributed by atoms with Gasteiger partial charge in [-0.2, -0.15) is 5.10 Å². The number of rotatable bonds is 3. The number of benzene rings is 1. The van der Waals surface area contributed by atoms with Gasteiger partial charge in [-0.15, -0.1) is 0 Å². The molecule has 1 heterocycles. The molecule has 0 aromatic heterocycles. The average molecular weight is 299 g/mol. The molecule has 1 aromatic rings. The van der Waals surface area contributed by atoms with Crippen molar-refractivity contribution in [2.45, 2.75) is 45.1 Å². The number of nitrogens with zero attached hydrogens (tertiary/aromatic N) is 2. The van der Waals surface area contributed by atoms with E-state index in [1.54, 1.807) is 0 Å². The minimum absolute atomic E-state index is 0.590. The van der Waals surface area contributed by atoms with Crippen molar-refractivity contribution in [1.82, 2.24) is 5.32 Å². The second kappa shape index (κ2) is 6.39. The van der Waals surface area contributed by atoms with Crippen LogP contribution in [-0.2, 0) is 0 Å². The third-order valence-electron chi connectivity index (χ3n) is 4.13. The summed E-state index contributed by atoms with van der Waals surface area (Å²) in [6.07, 6.45) is 8.61. The number of thiocarbonyl (C=S) groups is 1. The number of hydrogen-bond acceptors (Lipinski definition) is 3. The molecule has 4 heteroatoms. The lowest BCUT2D eigenvalue weighted by atomic mass is 9.95. The van der Waals surface area contributed by atoms with Crippen molar-refractivity contribution in [2.75, 3.05) is 5.01 Å². The van der Waals surface area contributed by atoms with Gasteiger partial charge in [0, 0.05) is 12.2 Å². The zero-order chi connectivity index (χ0) is 14.7. The molecule has 2 aliphatic rings. The van der Waals surface area contributed by atoms with Crippen molar-refractivity contribution in [2.24, 2.45) is 5.10 Å². The van der Waals surface area contributed by atoms with E-state index in [1.165, 1.54) is 32.1 Å². The molecule has 0 unspecified atom stereocenters. The van der Waals surface area contributed by atoms with E-state index in [4.69, 9.17) is 12.2 Å². The van der Waals surface area contributed by atoms with E-state index < -0.39 is 0 Å². The standard InChI is InChI=1S/C17H21N3S/c1-13-16(12-18-14-8-4-2-5-9-14)17(21)20(19-13)15-10-6-3-7-11-15/h3,6-7,10-12,14,18H,2,4-5,8-9H2,1H3/b16-12+. The van der Waals surface area contributed by atoms with Gasteiger partial charge in [0.05, 0.1) is 17.0 Å². The van der Waals surface area contributed by atoms with Gasteiger partial charge in [0.25, 0.3) is 0 Å². The maximum Gasteiger partial charge on any atom is 0.138 e. The van der Waals surface area contributed by atoms with Gasteiger partial charge < -0.3 is 5.32 Å². The third kappa shape index (κ3) is 3.16. The SMILES string of the molecule is CC1=NN(c2ccccc2)C(=S)/C1=C/NC1CCCCC1. The maximum atomic E-state index is 5.59. The first-order chi connectivity index (χ1) is 10.3. The van der Waals surface area contributed by atoms with Crippen LogP contribution in [0.1, 0.15) is 39.0 Å². The molecule has 21 heavy (non-hydrogen) atoms. The van der Waals surface area contributed by atoms with Gasteiger partial charge in [0.1, 0.15) is 4.99 Å². The highest BCUT2D eigenvalue weighted by atomic mass is 32.1. The van der Waals surface area contributed by atoms with Crippen LogP contribution in [0.5, 0.6) is 0 Å². The fraction of sp³-hybridized carbons (Fsp3) is 0.412. The molecule has 0 atom stereocenters. The first kappa shape index (κ1) is 14.3. The van der Waals surface area contributed by atoms with E-state index in [-0.39, 0.29) is 0 Å². The minimum atomic E-state index is 0.590. The van der Waals surface area contributed by atoms with Crippen molar-refractivity contribution in [3.05, 3.63) is 42.1 Å². The Labute approximate surface area is 131 Å². The lowest BCUT2D eigenvalue weighted by Crippen LogP contribution is -2.28. The number of para-hydroxylation sites is 1. The van der Waals surface area contributed by atoms with Crippen LogP contribution in [0.2, 0.25) is 0 Å². The molecule has 1 aliphatic carbocycles. The van der Waals surface area contributed by atoms with Crippen LogP contribution in [0.3, 0.4) is 0 Å². The number of nitrogens with one attached hydrogen (secondary N) is 1. The summed E-state index contributed by atoms with van der Waals surface area (Å²) >= 11 is 5.59. The second-order valence-electron chi connectivity index (χ2n) is 5.70. The zero-order valence-electron chi connectivity index (χ0n) is 12.4. The van der Waals surface area contributed by atoms with E-state index >= 15 is 0 Å². The first-order valence-electron chi connectivity index (χ1n) is 7.67. The number of anilines is 1. The highest BCUT2D eigenvalue weighted by Gasteiger charge is 2.25. The molecule has 3 nitrogen and oxygen atoms in total. The van der Waals surface area contributed by atoms with Crippen LogP contribution < -0.4 is 10.3 Å². The molecule has 1 N–H and O–H groups in total. The van der Waals surface area contributed by atoms with Crippen molar-refractivity contribution < 1.29 is 0 Å². The normalized spacial score (nSPS) is 21.8. The lowest BCUT2D eigenvalue weighted by Gasteiger charge is -2.22. The fourth-order valence-corrected chi connectivity index (χ4v) is 3.25. The highest BCUT2D eigenvalue weighted by Crippen LogP contribution is 2.24. The largest absolute Gasteiger partial charge is 0.388 e. The van der Waals surface area contributed by atoms with Gasteiger partial charge in [-0.05, 0) is 31.9 Å². The highest BCUT2D eigenvalue weighted by molar-refractivity contribution is 7.81. The second-order valence-corrected chi connectivity index (χ2v) is 6.08. The quantitative estimate of drug-likeness (QED) is 0.675. The van der Waals surface area contributed by atoms with Gasteiger partial charge in [0.2, 0.25) is 0 Å². The number of hydrogen-bond donors (Lipinski definition) is 1. The smallest absolute Gasteiger partial charge is 0.138 e. The topological polar surface area (TPSA) is 27.6 Å². The van der Waals surface area contributed by atoms with E-state index in [9.17, 15) is 0 Å². The summed E-state index contributed by atoms with van der Waals surface area (Å²) < 4.78 is 0. The molecule has 1 fully saturated rings. The molecule has 0 bridgehead atoms. The van der Waals surface area contributed by atoms with Gasteiger partial charge in [0.15, 0.2) is 0 Å². The predicted molar refractivity (Wildman–Crippen MR) is 92.7 cm³/mol. The van der Waals surface area contributed by atoms with E-state index in [0.717, 1.165) is 22.0 Å². The zero-order valence-corrected chi connectivity index (χ0v) is 13.2. The Morgan fingerprint density at radius 2 is 1.90 bits per heavy atom. The number of hydrazone groups is 1. The van der Waals surface area contributed by atoms with E-state index in [0.29, 0.717) is 6.04 Å². The summed E-state index contributed by atoms with van der Waals surface area (Å²) in [6, 6.07) is 10.7. The van der Waals surface area contributed by atoms with Gasteiger partial charge >= 0.3 is 0 Å². The Hall–Kier alpha value is -1.68. The van der Waals surface area contributed by atoms with Crippen LogP contribution >= 0.6 is 12.2 Å². The van der Waals surface area contributed by atoms with Crippen LogP contribution in [0, 0.1) is 0 Å². The Balaban J connectivity index is 1.72. The van der Waals surface area contributed by atoms with Crippen LogP contribution in [0.25, 0.3) is 0 Å². The maximum absolute atomic E-state index is 5.59. The molecule has 0 saturated heterocycles. The minimum Gasteiger partial charge on any atom is -0.388 e. The summed E-state index contributed by atoms with van der Waals surface area (Å²) in [5, 5.41) is 9.97. The van der Waals surface area contributed by atoms with Crippen molar-refractivity contribution in [3.8, 4) is 0 Å². The summed E-state index contributed by atoms with van der Waals surface area (Å²) in [7, 11) is 0. The monoisotopic (exact) mass is 299 g/mol. The molecule has 110 valence electrons. The van der Waals surface area contributed by atoms with Gasteiger partial charge in [-0.25, -0.2) is 5.01 Å². The lowest BCUT2D eigenvalue weighted by molar-refractivity contribution is 0.404.